The van der Waals surface area contributed by atoms with Gasteiger partial charge in [0.2, 0.25) is 0 Å². The van der Waals surface area contributed by atoms with Gasteiger partial charge in [-0.3, -0.25) is 4.79 Å². The molecule has 1 aromatic heterocycles. The summed E-state index contributed by atoms with van der Waals surface area (Å²) in [5.74, 6) is 1.78. The molecule has 4 rings (SSSR count). The lowest BCUT2D eigenvalue weighted by atomic mass is 9.88. The summed E-state index contributed by atoms with van der Waals surface area (Å²) >= 11 is 3.45. The van der Waals surface area contributed by atoms with Gasteiger partial charge in [-0.2, -0.15) is 9.78 Å². The first kappa shape index (κ1) is 18.9. The second-order valence-electron chi connectivity index (χ2n) is 7.10. The average molecular weight is 440 g/mol. The molecule has 1 heterocycles. The van der Waals surface area contributed by atoms with Crippen LogP contribution in [0.2, 0.25) is 0 Å². The molecule has 0 atom stereocenters. The van der Waals surface area contributed by atoms with Crippen molar-refractivity contribution in [2.45, 2.75) is 38.0 Å². The number of hydrogen-bond acceptors (Lipinski definition) is 4. The largest absolute Gasteiger partial charge is 0.497 e. The van der Waals surface area contributed by atoms with E-state index in [1.165, 1.54) is 23.9 Å². The highest BCUT2D eigenvalue weighted by molar-refractivity contribution is 9.10. The Morgan fingerprint density at radius 1 is 1.18 bits per heavy atom. The number of rotatable bonds is 4. The highest BCUT2D eigenvalue weighted by Crippen LogP contribution is 2.32. The highest BCUT2D eigenvalue weighted by Gasteiger charge is 2.22. The van der Waals surface area contributed by atoms with E-state index in [1.54, 1.807) is 13.3 Å². The van der Waals surface area contributed by atoms with Crippen molar-refractivity contribution >= 4 is 33.0 Å². The van der Waals surface area contributed by atoms with Crippen molar-refractivity contribution in [1.29, 1.82) is 0 Å². The summed E-state index contributed by atoms with van der Waals surface area (Å²) in [6.07, 6.45) is 7.36. The van der Waals surface area contributed by atoms with Crippen LogP contribution in [-0.2, 0) is 0 Å². The molecule has 0 unspecified atom stereocenters. The Balaban J connectivity index is 1.84. The van der Waals surface area contributed by atoms with E-state index in [0.717, 1.165) is 40.0 Å². The molecule has 3 aromatic rings. The second kappa shape index (κ2) is 8.27. The number of ether oxygens (including phenoxy) is 1. The molecule has 0 radical (unpaired) electrons. The van der Waals surface area contributed by atoms with E-state index in [1.807, 2.05) is 42.5 Å². The van der Waals surface area contributed by atoms with Crippen molar-refractivity contribution in [1.82, 2.24) is 9.66 Å². The summed E-state index contributed by atoms with van der Waals surface area (Å²) in [7, 11) is 1.63. The van der Waals surface area contributed by atoms with Gasteiger partial charge in [0.25, 0.3) is 5.56 Å². The fourth-order valence-electron chi connectivity index (χ4n) is 3.75. The minimum Gasteiger partial charge on any atom is -0.497 e. The van der Waals surface area contributed by atoms with Crippen LogP contribution in [0.3, 0.4) is 0 Å². The number of fused-ring (bicyclic) bond motifs is 1. The van der Waals surface area contributed by atoms with Gasteiger partial charge >= 0.3 is 0 Å². The summed E-state index contributed by atoms with van der Waals surface area (Å²) in [5, 5.41) is 5.12. The second-order valence-corrected chi connectivity index (χ2v) is 8.02. The Bertz CT molecular complexity index is 1080. The van der Waals surface area contributed by atoms with Crippen LogP contribution in [0.4, 0.5) is 0 Å². The van der Waals surface area contributed by atoms with Crippen molar-refractivity contribution in [3.8, 4) is 5.75 Å². The molecule has 1 aliphatic carbocycles. The number of benzene rings is 2. The van der Waals surface area contributed by atoms with Crippen molar-refractivity contribution in [3.63, 3.8) is 0 Å². The Morgan fingerprint density at radius 3 is 2.79 bits per heavy atom. The Kier molecular flexibility index (Phi) is 5.57. The average Bonchev–Trinajstić information content (AvgIpc) is 2.74. The molecular formula is C22H22BrN3O2. The lowest BCUT2D eigenvalue weighted by Gasteiger charge is -2.22. The summed E-state index contributed by atoms with van der Waals surface area (Å²) in [5.41, 5.74) is 1.46. The van der Waals surface area contributed by atoms with Crippen LogP contribution in [0, 0.1) is 0 Å². The van der Waals surface area contributed by atoms with Crippen molar-refractivity contribution < 1.29 is 4.74 Å². The molecule has 0 bridgehead atoms. The van der Waals surface area contributed by atoms with E-state index >= 15 is 0 Å². The maximum Gasteiger partial charge on any atom is 0.282 e. The lowest BCUT2D eigenvalue weighted by molar-refractivity contribution is 0.414. The zero-order valence-corrected chi connectivity index (χ0v) is 17.4. The zero-order valence-electron chi connectivity index (χ0n) is 15.8. The molecule has 5 nitrogen and oxygen atoms in total. The van der Waals surface area contributed by atoms with Gasteiger partial charge in [-0.25, -0.2) is 4.98 Å². The molecule has 1 saturated carbocycles. The Morgan fingerprint density at radius 2 is 2.00 bits per heavy atom. The van der Waals surface area contributed by atoms with E-state index in [0.29, 0.717) is 5.39 Å². The molecule has 1 fully saturated rings. The summed E-state index contributed by atoms with van der Waals surface area (Å²) in [4.78, 5) is 18.1. The van der Waals surface area contributed by atoms with Gasteiger partial charge < -0.3 is 4.74 Å². The standard InChI is InChI=1S/C22H22BrN3O2/c1-28-18-9-5-6-15(12-18)14-24-26-21(16-7-3-2-4-8-16)25-20-11-10-17(23)13-19(20)22(26)27/h5-6,9-14,16H,2-4,7-8H2,1H3. The van der Waals surface area contributed by atoms with Crippen LogP contribution in [0.1, 0.15) is 49.4 Å². The maximum atomic E-state index is 13.3. The fraction of sp³-hybridized carbons (Fsp3) is 0.318. The predicted molar refractivity (Wildman–Crippen MR) is 116 cm³/mol. The summed E-state index contributed by atoms with van der Waals surface area (Å²) < 4.78 is 7.62. The third-order valence-corrected chi connectivity index (χ3v) is 5.71. The molecule has 28 heavy (non-hydrogen) atoms. The first-order chi connectivity index (χ1) is 13.7. The van der Waals surface area contributed by atoms with Gasteiger partial charge in [0.1, 0.15) is 11.6 Å². The van der Waals surface area contributed by atoms with E-state index in [2.05, 4.69) is 21.0 Å². The summed E-state index contributed by atoms with van der Waals surface area (Å²) in [6, 6.07) is 13.2. The van der Waals surface area contributed by atoms with Crippen molar-refractivity contribution in [3.05, 3.63) is 68.7 Å². The number of nitrogens with zero attached hydrogens (tertiary/aromatic N) is 3. The minimum atomic E-state index is -0.133. The molecule has 144 valence electrons. The maximum absolute atomic E-state index is 13.3. The zero-order chi connectivity index (χ0) is 19.5. The van der Waals surface area contributed by atoms with Gasteiger partial charge in [0.05, 0.1) is 24.2 Å². The SMILES string of the molecule is COc1cccc(C=Nn2c(C3CCCCC3)nc3ccc(Br)cc3c2=O)c1. The van der Waals surface area contributed by atoms with Gasteiger partial charge in [-0.1, -0.05) is 47.3 Å². The molecule has 1 aliphatic rings. The molecule has 0 aliphatic heterocycles. The monoisotopic (exact) mass is 439 g/mol. The molecular weight excluding hydrogens is 418 g/mol. The van der Waals surface area contributed by atoms with Crippen LogP contribution < -0.4 is 10.3 Å². The van der Waals surface area contributed by atoms with Gasteiger partial charge in [0.15, 0.2) is 0 Å². The molecule has 0 spiro atoms. The van der Waals surface area contributed by atoms with Crippen LogP contribution >= 0.6 is 15.9 Å². The van der Waals surface area contributed by atoms with Gasteiger partial charge in [-0.05, 0) is 48.7 Å². The summed E-state index contributed by atoms with van der Waals surface area (Å²) in [6.45, 7) is 0. The Labute approximate surface area is 172 Å². The lowest BCUT2D eigenvalue weighted by Crippen LogP contribution is -2.25. The molecule has 2 aromatic carbocycles. The van der Waals surface area contributed by atoms with E-state index in [4.69, 9.17) is 9.72 Å². The first-order valence-corrected chi connectivity index (χ1v) is 10.4. The van der Waals surface area contributed by atoms with Crippen LogP contribution in [0.15, 0.2) is 56.8 Å². The number of hydrogen-bond donors (Lipinski definition) is 0. The molecule has 0 saturated heterocycles. The predicted octanol–water partition coefficient (Wildman–Crippen LogP) is 5.10. The van der Waals surface area contributed by atoms with E-state index in [9.17, 15) is 4.79 Å². The highest BCUT2D eigenvalue weighted by atomic mass is 79.9. The van der Waals surface area contributed by atoms with Crippen molar-refractivity contribution in [2.24, 2.45) is 5.10 Å². The van der Waals surface area contributed by atoms with Crippen LogP contribution in [0.5, 0.6) is 5.75 Å². The van der Waals surface area contributed by atoms with E-state index < -0.39 is 0 Å². The van der Waals surface area contributed by atoms with Gasteiger partial charge in [0, 0.05) is 10.4 Å². The Hall–Kier alpha value is -2.47. The first-order valence-electron chi connectivity index (χ1n) is 9.56. The minimum absolute atomic E-state index is 0.133. The van der Waals surface area contributed by atoms with Crippen LogP contribution in [-0.4, -0.2) is 23.0 Å². The van der Waals surface area contributed by atoms with Crippen LogP contribution in [0.25, 0.3) is 10.9 Å². The third kappa shape index (κ3) is 3.87. The number of methoxy groups -OCH3 is 1. The third-order valence-electron chi connectivity index (χ3n) is 5.22. The quantitative estimate of drug-likeness (QED) is 0.531. The van der Waals surface area contributed by atoms with Gasteiger partial charge in [-0.15, -0.1) is 0 Å². The molecule has 0 amide bonds. The smallest absolute Gasteiger partial charge is 0.282 e. The normalized spacial score (nSPS) is 15.4. The number of halogens is 1. The topological polar surface area (TPSA) is 56.5 Å². The van der Waals surface area contributed by atoms with E-state index in [-0.39, 0.29) is 11.5 Å². The molecule has 6 heteroatoms. The fourth-order valence-corrected chi connectivity index (χ4v) is 4.11. The van der Waals surface area contributed by atoms with Crippen molar-refractivity contribution in [2.75, 3.05) is 7.11 Å². The number of aromatic nitrogens is 2. The molecule has 0 N–H and O–H groups in total.